The van der Waals surface area contributed by atoms with Gasteiger partial charge >= 0.3 is 0 Å². The summed E-state index contributed by atoms with van der Waals surface area (Å²) in [6, 6.07) is 10.6. The van der Waals surface area contributed by atoms with E-state index in [0.717, 1.165) is 31.9 Å². The Morgan fingerprint density at radius 1 is 1.05 bits per heavy atom. The molecule has 0 atom stereocenters. The van der Waals surface area contributed by atoms with Gasteiger partial charge in [-0.15, -0.1) is 5.10 Å². The molecule has 11 nitrogen and oxygen atoms in total. The zero-order valence-corrected chi connectivity index (χ0v) is 20.7. The van der Waals surface area contributed by atoms with Crippen molar-refractivity contribution in [1.29, 1.82) is 0 Å². The lowest BCUT2D eigenvalue weighted by Crippen LogP contribution is -2.33. The fourth-order valence-electron chi connectivity index (χ4n) is 4.46. The molecule has 0 unspecified atom stereocenters. The first-order valence-electron chi connectivity index (χ1n) is 12.3. The molecular weight excluding hydrogens is 489 g/mol. The number of nitrogens with two attached hydrogens (primary N) is 1. The summed E-state index contributed by atoms with van der Waals surface area (Å²) in [5, 5.41) is 16.6. The second kappa shape index (κ2) is 10.8. The lowest BCUT2D eigenvalue weighted by molar-refractivity contribution is 0.0962. The number of halogens is 1. The fourth-order valence-corrected chi connectivity index (χ4v) is 4.46. The summed E-state index contributed by atoms with van der Waals surface area (Å²) >= 11 is 0. The van der Waals surface area contributed by atoms with Gasteiger partial charge in [0.2, 0.25) is 0 Å². The SMILES string of the molecule is CNC(=O)c1cccc(Nc2cc(NC3CCC(N)CC3)nn3c(C(=O)Nc4ccncc4F)cnc23)c1. The van der Waals surface area contributed by atoms with E-state index in [1.165, 1.54) is 23.0 Å². The van der Waals surface area contributed by atoms with Crippen LogP contribution in [0.4, 0.5) is 27.3 Å². The zero-order chi connectivity index (χ0) is 26.6. The van der Waals surface area contributed by atoms with Crippen LogP contribution in [-0.2, 0) is 0 Å². The highest BCUT2D eigenvalue weighted by Crippen LogP contribution is 2.27. The average molecular weight is 518 g/mol. The molecule has 1 fully saturated rings. The summed E-state index contributed by atoms with van der Waals surface area (Å²) in [6.07, 6.45) is 7.41. The number of nitrogens with one attached hydrogen (secondary N) is 4. The Balaban J connectivity index is 1.51. The second-order valence-corrected chi connectivity index (χ2v) is 9.17. The Labute approximate surface area is 218 Å². The Morgan fingerprint density at radius 3 is 2.63 bits per heavy atom. The van der Waals surface area contributed by atoms with Gasteiger partial charge in [0.25, 0.3) is 11.8 Å². The fraction of sp³-hybridized carbons (Fsp3) is 0.269. The number of anilines is 4. The number of imidazole rings is 1. The topological polar surface area (TPSA) is 151 Å². The highest BCUT2D eigenvalue weighted by atomic mass is 19.1. The number of pyridine rings is 1. The molecule has 1 aromatic carbocycles. The number of benzene rings is 1. The maximum atomic E-state index is 14.1. The minimum atomic E-state index is -0.654. The molecule has 38 heavy (non-hydrogen) atoms. The predicted octanol–water partition coefficient (Wildman–Crippen LogP) is 3.30. The van der Waals surface area contributed by atoms with Crippen LogP contribution in [0, 0.1) is 5.82 Å². The molecule has 4 aromatic rings. The van der Waals surface area contributed by atoms with Gasteiger partial charge in [-0.25, -0.2) is 13.9 Å². The van der Waals surface area contributed by atoms with E-state index in [1.807, 2.05) is 12.1 Å². The van der Waals surface area contributed by atoms with Crippen LogP contribution in [0.25, 0.3) is 5.65 Å². The third-order valence-electron chi connectivity index (χ3n) is 6.48. The molecule has 0 aliphatic heterocycles. The van der Waals surface area contributed by atoms with Gasteiger partial charge in [0.05, 0.1) is 23.8 Å². The zero-order valence-electron chi connectivity index (χ0n) is 20.7. The van der Waals surface area contributed by atoms with Crippen LogP contribution in [0.1, 0.15) is 46.5 Å². The van der Waals surface area contributed by atoms with Crippen LogP contribution in [0.15, 0.2) is 55.0 Å². The van der Waals surface area contributed by atoms with Crippen LogP contribution in [0.2, 0.25) is 0 Å². The van der Waals surface area contributed by atoms with Gasteiger partial charge in [0.15, 0.2) is 17.2 Å². The third kappa shape index (κ3) is 5.39. The van der Waals surface area contributed by atoms with Crippen molar-refractivity contribution in [2.24, 2.45) is 5.73 Å². The third-order valence-corrected chi connectivity index (χ3v) is 6.48. The van der Waals surface area contributed by atoms with Crippen molar-refractivity contribution < 1.29 is 14.0 Å². The molecule has 6 N–H and O–H groups in total. The van der Waals surface area contributed by atoms with Crippen molar-refractivity contribution in [3.63, 3.8) is 0 Å². The first kappa shape index (κ1) is 25.1. The highest BCUT2D eigenvalue weighted by Gasteiger charge is 2.22. The number of hydrogen-bond donors (Lipinski definition) is 5. The minimum absolute atomic E-state index is 0.00265. The van der Waals surface area contributed by atoms with Gasteiger partial charge < -0.3 is 27.0 Å². The molecule has 1 aliphatic carbocycles. The van der Waals surface area contributed by atoms with Crippen molar-refractivity contribution in [2.75, 3.05) is 23.0 Å². The molecule has 5 rings (SSSR count). The molecule has 0 saturated heterocycles. The standard InChI is InChI=1S/C26H28FN9O2/c1-29-25(37)15-3-2-4-18(11-15)32-21-12-23(33-17-7-5-16(28)6-8-17)35-36-22(14-31-24(21)36)26(38)34-20-9-10-30-13-19(20)27/h2-4,9-14,16-17,32H,5-8,28H2,1H3,(H,29,37)(H,33,35)(H,30,34,38). The maximum Gasteiger partial charge on any atom is 0.276 e. The Kier molecular flexibility index (Phi) is 7.13. The van der Waals surface area contributed by atoms with E-state index in [-0.39, 0.29) is 29.4 Å². The van der Waals surface area contributed by atoms with Crippen LogP contribution in [-0.4, -0.2) is 50.5 Å². The van der Waals surface area contributed by atoms with Gasteiger partial charge in [0.1, 0.15) is 5.82 Å². The normalized spacial score (nSPS) is 17.1. The summed E-state index contributed by atoms with van der Waals surface area (Å²) in [7, 11) is 1.57. The molecule has 2 amide bonds. The van der Waals surface area contributed by atoms with Crippen LogP contribution < -0.4 is 27.0 Å². The smallest absolute Gasteiger partial charge is 0.276 e. The molecule has 0 bridgehead atoms. The molecule has 12 heteroatoms. The first-order chi connectivity index (χ1) is 18.4. The number of nitrogens with zero attached hydrogens (tertiary/aromatic N) is 4. The van der Waals surface area contributed by atoms with Gasteiger partial charge in [-0.1, -0.05) is 6.07 Å². The molecule has 1 saturated carbocycles. The summed E-state index contributed by atoms with van der Waals surface area (Å²) in [6.45, 7) is 0. The van der Waals surface area contributed by atoms with Crippen LogP contribution in [0.5, 0.6) is 0 Å². The molecule has 1 aliphatic rings. The van der Waals surface area contributed by atoms with E-state index in [4.69, 9.17) is 5.73 Å². The maximum absolute atomic E-state index is 14.1. The highest BCUT2D eigenvalue weighted by molar-refractivity contribution is 6.04. The van der Waals surface area contributed by atoms with E-state index in [1.54, 1.807) is 25.2 Å². The van der Waals surface area contributed by atoms with Gasteiger partial charge in [-0.3, -0.25) is 14.6 Å². The first-order valence-corrected chi connectivity index (χ1v) is 12.3. The number of hydrogen-bond acceptors (Lipinski definition) is 8. The number of carbonyl (C=O) groups excluding carboxylic acids is 2. The molecule has 196 valence electrons. The van der Waals surface area contributed by atoms with E-state index in [9.17, 15) is 14.0 Å². The summed E-state index contributed by atoms with van der Waals surface area (Å²) in [5.74, 6) is -0.915. The number of fused-ring (bicyclic) bond motifs is 1. The van der Waals surface area contributed by atoms with E-state index in [0.29, 0.717) is 28.4 Å². The van der Waals surface area contributed by atoms with E-state index in [2.05, 4.69) is 36.3 Å². The summed E-state index contributed by atoms with van der Waals surface area (Å²) in [4.78, 5) is 33.3. The van der Waals surface area contributed by atoms with Crippen LogP contribution in [0.3, 0.4) is 0 Å². The van der Waals surface area contributed by atoms with Gasteiger partial charge in [-0.2, -0.15) is 0 Å². The van der Waals surface area contributed by atoms with Gasteiger partial charge in [-0.05, 0) is 49.9 Å². The summed E-state index contributed by atoms with van der Waals surface area (Å²) in [5.41, 5.74) is 8.27. The quantitative estimate of drug-likeness (QED) is 0.250. The molecule has 3 heterocycles. The van der Waals surface area contributed by atoms with E-state index < -0.39 is 11.7 Å². The predicted molar refractivity (Wildman–Crippen MR) is 142 cm³/mol. The lowest BCUT2D eigenvalue weighted by Gasteiger charge is -2.27. The molecule has 0 spiro atoms. The van der Waals surface area contributed by atoms with Crippen molar-refractivity contribution in [1.82, 2.24) is 24.9 Å². The average Bonchev–Trinajstić information content (AvgIpc) is 3.35. The van der Waals surface area contributed by atoms with Crippen molar-refractivity contribution in [3.05, 3.63) is 72.1 Å². The number of rotatable bonds is 7. The summed E-state index contributed by atoms with van der Waals surface area (Å²) < 4.78 is 15.5. The minimum Gasteiger partial charge on any atom is -0.366 e. The van der Waals surface area contributed by atoms with Gasteiger partial charge in [0, 0.05) is 42.6 Å². The monoisotopic (exact) mass is 517 g/mol. The molecule has 3 aromatic heterocycles. The van der Waals surface area contributed by atoms with Crippen molar-refractivity contribution in [2.45, 2.75) is 37.8 Å². The number of aromatic nitrogens is 4. The Hall–Kier alpha value is -4.58. The number of amides is 2. The lowest BCUT2D eigenvalue weighted by atomic mass is 9.92. The number of carbonyl (C=O) groups is 2. The Bertz CT molecular complexity index is 1480. The largest absolute Gasteiger partial charge is 0.366 e. The van der Waals surface area contributed by atoms with Crippen LogP contribution >= 0.6 is 0 Å². The van der Waals surface area contributed by atoms with Crippen molar-refractivity contribution in [3.8, 4) is 0 Å². The van der Waals surface area contributed by atoms with Crippen molar-refractivity contribution >= 4 is 40.3 Å². The van der Waals surface area contributed by atoms with E-state index >= 15 is 0 Å². The second-order valence-electron chi connectivity index (χ2n) is 9.17. The molecular formula is C26H28FN9O2. The Morgan fingerprint density at radius 2 is 1.87 bits per heavy atom. The molecule has 0 radical (unpaired) electrons.